The number of carbonyl (C=O) groups is 1. The van der Waals surface area contributed by atoms with Crippen LogP contribution >= 0.6 is 11.3 Å². The number of aryl methyl sites for hydroxylation is 1. The summed E-state index contributed by atoms with van der Waals surface area (Å²) in [7, 11) is 0. The minimum atomic E-state index is -0.420. The third-order valence-electron chi connectivity index (χ3n) is 3.27. The van der Waals surface area contributed by atoms with Gasteiger partial charge in [0.05, 0.1) is 18.3 Å². The second-order valence-electron chi connectivity index (χ2n) is 5.01. The second kappa shape index (κ2) is 7.33. The molecule has 1 unspecified atom stereocenters. The minimum absolute atomic E-state index is 0.0917. The molecule has 4 nitrogen and oxygen atoms in total. The zero-order valence-electron chi connectivity index (χ0n) is 12.4. The van der Waals surface area contributed by atoms with Crippen molar-refractivity contribution >= 4 is 17.2 Å². The van der Waals surface area contributed by atoms with Gasteiger partial charge in [0.1, 0.15) is 5.01 Å². The Bertz CT molecular complexity index is 595. The third kappa shape index (κ3) is 4.12. The first kappa shape index (κ1) is 15.7. The van der Waals surface area contributed by atoms with E-state index in [-0.39, 0.29) is 5.91 Å². The fourth-order valence-corrected chi connectivity index (χ4v) is 3.04. The van der Waals surface area contributed by atoms with Gasteiger partial charge in [0.15, 0.2) is 0 Å². The number of benzene rings is 1. The summed E-state index contributed by atoms with van der Waals surface area (Å²) in [5, 5.41) is 3.88. The van der Waals surface area contributed by atoms with E-state index < -0.39 is 6.04 Å². The molecule has 2 rings (SSSR count). The zero-order chi connectivity index (χ0) is 15.2. The summed E-state index contributed by atoms with van der Waals surface area (Å²) < 4.78 is 0. The van der Waals surface area contributed by atoms with E-state index in [1.807, 2.05) is 44.2 Å². The van der Waals surface area contributed by atoms with Crippen LogP contribution in [0.5, 0.6) is 0 Å². The van der Waals surface area contributed by atoms with Crippen molar-refractivity contribution in [3.63, 3.8) is 0 Å². The Morgan fingerprint density at radius 3 is 2.76 bits per heavy atom. The number of nitrogens with zero attached hydrogens (tertiary/aromatic N) is 1. The molecule has 0 radical (unpaired) electrons. The van der Waals surface area contributed by atoms with Gasteiger partial charge in [0.25, 0.3) is 0 Å². The van der Waals surface area contributed by atoms with Crippen LogP contribution < -0.4 is 11.1 Å². The summed E-state index contributed by atoms with van der Waals surface area (Å²) in [6.07, 6.45) is 1.62. The minimum Gasteiger partial charge on any atom is -0.350 e. The van der Waals surface area contributed by atoms with Crippen LogP contribution in [0.25, 0.3) is 10.6 Å². The maximum atomic E-state index is 11.8. The van der Waals surface area contributed by atoms with Crippen LogP contribution in [0, 0.1) is 6.92 Å². The van der Waals surface area contributed by atoms with Crippen LogP contribution in [-0.2, 0) is 11.3 Å². The summed E-state index contributed by atoms with van der Waals surface area (Å²) in [6, 6.07) is 9.64. The first-order valence-electron chi connectivity index (χ1n) is 7.16. The SMILES string of the molecule is CCCC(N)C(=O)NCc1sc(-c2ccccc2)nc1C. The molecule has 0 aliphatic carbocycles. The van der Waals surface area contributed by atoms with E-state index in [4.69, 9.17) is 5.73 Å². The molecule has 0 aliphatic heterocycles. The molecule has 1 atom stereocenters. The molecule has 0 aliphatic rings. The van der Waals surface area contributed by atoms with Crippen LogP contribution in [0.3, 0.4) is 0 Å². The Morgan fingerprint density at radius 2 is 2.10 bits per heavy atom. The number of carbonyl (C=O) groups excluding carboxylic acids is 1. The number of nitrogens with two attached hydrogens (primary N) is 1. The topological polar surface area (TPSA) is 68.0 Å². The number of aromatic nitrogens is 1. The van der Waals surface area contributed by atoms with Gasteiger partial charge in [-0.15, -0.1) is 11.3 Å². The standard InChI is InChI=1S/C16H21N3OS/c1-3-7-13(17)15(20)18-10-14-11(2)19-16(21-14)12-8-5-4-6-9-12/h4-6,8-9,13H,3,7,10,17H2,1-2H3,(H,18,20). The smallest absolute Gasteiger partial charge is 0.237 e. The highest BCUT2D eigenvalue weighted by Crippen LogP contribution is 2.27. The monoisotopic (exact) mass is 303 g/mol. The lowest BCUT2D eigenvalue weighted by atomic mass is 10.2. The first-order valence-corrected chi connectivity index (χ1v) is 7.98. The fraction of sp³-hybridized carbons (Fsp3) is 0.375. The van der Waals surface area contributed by atoms with Crippen molar-refractivity contribution in [1.82, 2.24) is 10.3 Å². The molecule has 0 saturated heterocycles. The van der Waals surface area contributed by atoms with Crippen LogP contribution in [0.4, 0.5) is 0 Å². The lowest BCUT2D eigenvalue weighted by Gasteiger charge is -2.10. The summed E-state index contributed by atoms with van der Waals surface area (Å²) in [6.45, 7) is 4.48. The van der Waals surface area contributed by atoms with Crippen LogP contribution in [0.15, 0.2) is 30.3 Å². The van der Waals surface area contributed by atoms with Gasteiger partial charge in [-0.05, 0) is 13.3 Å². The molecule has 1 heterocycles. The Morgan fingerprint density at radius 1 is 1.38 bits per heavy atom. The van der Waals surface area contributed by atoms with Gasteiger partial charge in [-0.1, -0.05) is 43.7 Å². The van der Waals surface area contributed by atoms with Crippen LogP contribution in [-0.4, -0.2) is 16.9 Å². The molecule has 1 aromatic heterocycles. The number of hydrogen-bond acceptors (Lipinski definition) is 4. The lowest BCUT2D eigenvalue weighted by molar-refractivity contribution is -0.122. The summed E-state index contributed by atoms with van der Waals surface area (Å²) in [5.74, 6) is -0.0917. The van der Waals surface area contributed by atoms with Crippen molar-refractivity contribution in [2.45, 2.75) is 39.3 Å². The zero-order valence-corrected chi connectivity index (χ0v) is 13.2. The van der Waals surface area contributed by atoms with Crippen LogP contribution in [0.1, 0.15) is 30.3 Å². The summed E-state index contributed by atoms with van der Waals surface area (Å²) in [4.78, 5) is 17.5. The molecule has 1 amide bonds. The highest BCUT2D eigenvalue weighted by molar-refractivity contribution is 7.15. The molecular weight excluding hydrogens is 282 g/mol. The van der Waals surface area contributed by atoms with Gasteiger partial charge in [-0.3, -0.25) is 4.79 Å². The molecule has 0 fully saturated rings. The van der Waals surface area contributed by atoms with E-state index in [2.05, 4.69) is 10.3 Å². The van der Waals surface area contributed by atoms with Gasteiger partial charge in [0, 0.05) is 10.4 Å². The maximum Gasteiger partial charge on any atom is 0.237 e. The van der Waals surface area contributed by atoms with Crippen molar-refractivity contribution in [2.24, 2.45) is 5.73 Å². The molecule has 21 heavy (non-hydrogen) atoms. The Kier molecular flexibility index (Phi) is 5.47. The molecule has 2 aromatic rings. The van der Waals surface area contributed by atoms with E-state index in [9.17, 15) is 4.79 Å². The van der Waals surface area contributed by atoms with Gasteiger partial charge in [0.2, 0.25) is 5.91 Å². The largest absolute Gasteiger partial charge is 0.350 e. The second-order valence-corrected chi connectivity index (χ2v) is 6.09. The summed E-state index contributed by atoms with van der Waals surface area (Å²) in [5.41, 5.74) is 7.87. The van der Waals surface area contributed by atoms with E-state index in [0.29, 0.717) is 13.0 Å². The molecule has 0 saturated carbocycles. The highest BCUT2D eigenvalue weighted by atomic mass is 32.1. The number of thiazole rings is 1. The van der Waals surface area contributed by atoms with Gasteiger partial charge in [-0.2, -0.15) is 0 Å². The average molecular weight is 303 g/mol. The van der Waals surface area contributed by atoms with Crippen molar-refractivity contribution in [3.05, 3.63) is 40.9 Å². The number of amides is 1. The Labute approximate surface area is 129 Å². The number of nitrogens with one attached hydrogen (secondary N) is 1. The third-order valence-corrected chi connectivity index (χ3v) is 4.48. The molecule has 3 N–H and O–H groups in total. The maximum absolute atomic E-state index is 11.8. The molecule has 112 valence electrons. The Hall–Kier alpha value is -1.72. The fourth-order valence-electron chi connectivity index (χ4n) is 2.04. The quantitative estimate of drug-likeness (QED) is 0.862. The molecular formula is C16H21N3OS. The van der Waals surface area contributed by atoms with Gasteiger partial charge < -0.3 is 11.1 Å². The van der Waals surface area contributed by atoms with E-state index >= 15 is 0 Å². The molecule has 5 heteroatoms. The number of rotatable bonds is 6. The van der Waals surface area contributed by atoms with Gasteiger partial charge >= 0.3 is 0 Å². The molecule has 0 bridgehead atoms. The molecule has 1 aromatic carbocycles. The van der Waals surface area contributed by atoms with Crippen molar-refractivity contribution in [3.8, 4) is 10.6 Å². The van der Waals surface area contributed by atoms with E-state index in [1.165, 1.54) is 0 Å². The van der Waals surface area contributed by atoms with Crippen molar-refractivity contribution in [2.75, 3.05) is 0 Å². The molecule has 0 spiro atoms. The van der Waals surface area contributed by atoms with Crippen molar-refractivity contribution in [1.29, 1.82) is 0 Å². The number of hydrogen-bond donors (Lipinski definition) is 2. The predicted octanol–water partition coefficient (Wildman–Crippen LogP) is 2.86. The first-order chi connectivity index (χ1) is 10.1. The average Bonchev–Trinajstić information content (AvgIpc) is 2.87. The predicted molar refractivity (Wildman–Crippen MR) is 87.0 cm³/mol. The van der Waals surface area contributed by atoms with E-state index in [1.54, 1.807) is 11.3 Å². The highest BCUT2D eigenvalue weighted by Gasteiger charge is 2.14. The summed E-state index contributed by atoms with van der Waals surface area (Å²) >= 11 is 1.61. The van der Waals surface area contributed by atoms with Gasteiger partial charge in [-0.25, -0.2) is 4.98 Å². The van der Waals surface area contributed by atoms with Crippen molar-refractivity contribution < 1.29 is 4.79 Å². The normalized spacial score (nSPS) is 12.1. The van der Waals surface area contributed by atoms with Crippen LogP contribution in [0.2, 0.25) is 0 Å². The lowest BCUT2D eigenvalue weighted by Crippen LogP contribution is -2.40. The van der Waals surface area contributed by atoms with E-state index in [0.717, 1.165) is 27.6 Å². The Balaban J connectivity index is 2.02.